The number of carbonyl (C=O) groups excluding carboxylic acids is 1. The highest BCUT2D eigenvalue weighted by atomic mass is 16.5. The number of nitrogens with one attached hydrogen (secondary N) is 1. The van der Waals surface area contributed by atoms with E-state index in [1.54, 1.807) is 12.2 Å². The Morgan fingerprint density at radius 1 is 1.53 bits per heavy atom. The maximum atomic E-state index is 11.1. The molecular formula is C13H22N2O2. The van der Waals surface area contributed by atoms with E-state index in [-0.39, 0.29) is 6.04 Å². The Morgan fingerprint density at radius 3 is 2.65 bits per heavy atom. The van der Waals surface area contributed by atoms with Crippen LogP contribution in [0.2, 0.25) is 0 Å². The number of amides is 1. The van der Waals surface area contributed by atoms with Crippen molar-refractivity contribution in [3.05, 3.63) is 36.6 Å². The van der Waals surface area contributed by atoms with Crippen LogP contribution in [0.25, 0.3) is 0 Å². The van der Waals surface area contributed by atoms with E-state index in [0.29, 0.717) is 6.54 Å². The molecule has 0 aliphatic heterocycles. The van der Waals surface area contributed by atoms with Crippen molar-refractivity contribution in [2.24, 2.45) is 0 Å². The molecule has 0 aromatic carbocycles. The summed E-state index contributed by atoms with van der Waals surface area (Å²) in [5.41, 5.74) is 1.02. The smallest absolute Gasteiger partial charge is 0.411 e. The van der Waals surface area contributed by atoms with Gasteiger partial charge in [-0.3, -0.25) is 0 Å². The molecule has 17 heavy (non-hydrogen) atoms. The molecule has 0 aromatic heterocycles. The van der Waals surface area contributed by atoms with Crippen molar-refractivity contribution >= 4 is 6.09 Å². The third-order valence-electron chi connectivity index (χ3n) is 2.32. The number of nitrogens with zero attached hydrogens (tertiary/aromatic N) is 1. The number of likely N-dealkylation sites (N-methyl/N-ethyl adjacent to an activating group) is 1. The van der Waals surface area contributed by atoms with E-state index in [0.717, 1.165) is 5.57 Å². The number of carbonyl (C=O) groups is 1. The summed E-state index contributed by atoms with van der Waals surface area (Å²) in [7, 11) is 3.97. The molecule has 1 atom stereocenters. The van der Waals surface area contributed by atoms with Crippen molar-refractivity contribution in [1.29, 1.82) is 0 Å². The molecule has 0 rings (SSSR count). The molecule has 0 fully saturated rings. The van der Waals surface area contributed by atoms with Crippen LogP contribution in [0, 0.1) is 0 Å². The van der Waals surface area contributed by atoms with Crippen molar-refractivity contribution in [3.8, 4) is 0 Å². The van der Waals surface area contributed by atoms with Crippen LogP contribution in [0.15, 0.2) is 36.6 Å². The molecule has 0 aliphatic carbocycles. The maximum Gasteiger partial charge on any atom is 0.411 e. The van der Waals surface area contributed by atoms with Crippen LogP contribution in [0.1, 0.15) is 13.8 Å². The lowest BCUT2D eigenvalue weighted by Crippen LogP contribution is -2.26. The number of hydrogen-bond donors (Lipinski definition) is 1. The molecule has 4 nitrogen and oxygen atoms in total. The molecule has 0 bridgehead atoms. The summed E-state index contributed by atoms with van der Waals surface area (Å²) in [4.78, 5) is 13.1. The lowest BCUT2D eigenvalue weighted by molar-refractivity contribution is 0.186. The summed E-state index contributed by atoms with van der Waals surface area (Å²) in [5, 5.41) is 2.54. The van der Waals surface area contributed by atoms with Crippen molar-refractivity contribution in [3.63, 3.8) is 0 Å². The lowest BCUT2D eigenvalue weighted by Gasteiger charge is -2.20. The van der Waals surface area contributed by atoms with Gasteiger partial charge in [0.25, 0.3) is 0 Å². The Hall–Kier alpha value is -1.55. The van der Waals surface area contributed by atoms with Gasteiger partial charge >= 0.3 is 6.09 Å². The minimum absolute atomic E-state index is 0.224. The molecule has 0 saturated heterocycles. The topological polar surface area (TPSA) is 41.6 Å². The van der Waals surface area contributed by atoms with Crippen LogP contribution in [0.3, 0.4) is 0 Å². The minimum Gasteiger partial charge on any atom is -0.418 e. The third kappa shape index (κ3) is 6.58. The van der Waals surface area contributed by atoms with E-state index < -0.39 is 6.09 Å². The van der Waals surface area contributed by atoms with Gasteiger partial charge in [-0.1, -0.05) is 18.7 Å². The van der Waals surface area contributed by atoms with Crippen LogP contribution < -0.4 is 5.32 Å². The fourth-order valence-electron chi connectivity index (χ4n) is 1.13. The zero-order valence-electron chi connectivity index (χ0n) is 11.1. The Bertz CT molecular complexity index is 307. The van der Waals surface area contributed by atoms with Crippen LogP contribution in [-0.2, 0) is 4.74 Å². The van der Waals surface area contributed by atoms with Gasteiger partial charge in [-0.2, -0.15) is 0 Å². The molecule has 1 unspecified atom stereocenters. The first-order chi connectivity index (χ1) is 8.02. The number of hydrogen-bond acceptors (Lipinski definition) is 3. The van der Waals surface area contributed by atoms with Crippen molar-refractivity contribution < 1.29 is 9.53 Å². The second kappa shape index (κ2) is 8.58. The Kier molecular flexibility index (Phi) is 7.80. The molecule has 0 saturated carbocycles. The summed E-state index contributed by atoms with van der Waals surface area (Å²) in [6.07, 6.45) is 6.31. The van der Waals surface area contributed by atoms with Gasteiger partial charge in [0, 0.05) is 12.6 Å². The van der Waals surface area contributed by atoms with Gasteiger partial charge in [-0.25, -0.2) is 4.79 Å². The zero-order valence-corrected chi connectivity index (χ0v) is 11.1. The molecule has 0 spiro atoms. The monoisotopic (exact) mass is 238 g/mol. The predicted octanol–water partition coefficient (Wildman–Crippen LogP) is 2.31. The molecule has 0 heterocycles. The second-order valence-electron chi connectivity index (χ2n) is 3.78. The van der Waals surface area contributed by atoms with Crippen molar-refractivity contribution in [2.45, 2.75) is 19.9 Å². The lowest BCUT2D eigenvalue weighted by atomic mass is 10.1. The molecular weight excluding hydrogens is 216 g/mol. The van der Waals surface area contributed by atoms with Crippen molar-refractivity contribution in [2.75, 3.05) is 20.6 Å². The normalized spacial score (nSPS) is 13.8. The van der Waals surface area contributed by atoms with E-state index in [1.165, 1.54) is 6.26 Å². The molecule has 96 valence electrons. The van der Waals surface area contributed by atoms with Gasteiger partial charge in [0.2, 0.25) is 0 Å². The van der Waals surface area contributed by atoms with Crippen LogP contribution in [0.4, 0.5) is 4.79 Å². The standard InChI is InChI=1S/C13H22N2O2/c1-6-8-12(11(3)15(4)5)9-10-17-13(16)14-7-2/h6,8-11H,1,7H2,2-5H3,(H,14,16)/b10-9+,12-8+. The molecule has 0 radical (unpaired) electrons. The fraction of sp³-hybridized carbons (Fsp3) is 0.462. The van der Waals surface area contributed by atoms with E-state index in [9.17, 15) is 4.79 Å². The van der Waals surface area contributed by atoms with E-state index >= 15 is 0 Å². The third-order valence-corrected chi connectivity index (χ3v) is 2.32. The summed E-state index contributed by atoms with van der Waals surface area (Å²) < 4.78 is 4.86. The van der Waals surface area contributed by atoms with Gasteiger partial charge in [0.15, 0.2) is 0 Å². The summed E-state index contributed by atoms with van der Waals surface area (Å²) in [5.74, 6) is 0. The summed E-state index contributed by atoms with van der Waals surface area (Å²) in [6, 6.07) is 0.224. The second-order valence-corrected chi connectivity index (χ2v) is 3.78. The minimum atomic E-state index is -0.445. The van der Waals surface area contributed by atoms with Gasteiger partial charge in [-0.15, -0.1) is 0 Å². The average Bonchev–Trinajstić information content (AvgIpc) is 2.27. The molecule has 4 heteroatoms. The van der Waals surface area contributed by atoms with E-state index in [4.69, 9.17) is 4.74 Å². The molecule has 1 N–H and O–H groups in total. The molecule has 0 aromatic rings. The first-order valence-corrected chi connectivity index (χ1v) is 5.63. The van der Waals surface area contributed by atoms with Crippen LogP contribution >= 0.6 is 0 Å². The Labute approximate surface area is 104 Å². The maximum absolute atomic E-state index is 11.1. The highest BCUT2D eigenvalue weighted by molar-refractivity contribution is 5.67. The van der Waals surface area contributed by atoms with Gasteiger partial charge in [0.05, 0.1) is 6.26 Å². The fourth-order valence-corrected chi connectivity index (χ4v) is 1.13. The van der Waals surface area contributed by atoms with Gasteiger partial charge < -0.3 is 15.0 Å². The summed E-state index contributed by atoms with van der Waals surface area (Å²) in [6.45, 7) is 8.11. The van der Waals surface area contributed by atoms with Crippen molar-refractivity contribution in [1.82, 2.24) is 10.2 Å². The SMILES string of the molecule is C=C/C=C(\C=C\OC(=O)NCC)C(C)N(C)C. The van der Waals surface area contributed by atoms with Crippen LogP contribution in [0.5, 0.6) is 0 Å². The largest absolute Gasteiger partial charge is 0.418 e. The number of allylic oxidation sites excluding steroid dienone is 2. The molecule has 1 amide bonds. The Morgan fingerprint density at radius 2 is 2.18 bits per heavy atom. The molecule has 0 aliphatic rings. The highest BCUT2D eigenvalue weighted by Gasteiger charge is 2.07. The summed E-state index contributed by atoms with van der Waals surface area (Å²) >= 11 is 0. The van der Waals surface area contributed by atoms with Gasteiger partial charge in [-0.05, 0) is 39.6 Å². The Balaban J connectivity index is 4.46. The zero-order chi connectivity index (χ0) is 13.3. The number of alkyl carbamates (subject to hydrolysis) is 1. The quantitative estimate of drug-likeness (QED) is 0.570. The number of rotatable bonds is 6. The van der Waals surface area contributed by atoms with Crippen LogP contribution in [-0.4, -0.2) is 37.7 Å². The number of ether oxygens (including phenoxy) is 1. The van der Waals surface area contributed by atoms with E-state index in [1.807, 2.05) is 27.1 Å². The average molecular weight is 238 g/mol. The predicted molar refractivity (Wildman–Crippen MR) is 70.7 cm³/mol. The first-order valence-electron chi connectivity index (χ1n) is 5.63. The highest BCUT2D eigenvalue weighted by Crippen LogP contribution is 2.09. The van der Waals surface area contributed by atoms with E-state index in [2.05, 4.69) is 23.7 Å². The van der Waals surface area contributed by atoms with Gasteiger partial charge in [0.1, 0.15) is 0 Å². The first kappa shape index (κ1) is 15.4.